The molecule has 1 aliphatic heterocycles. The van der Waals surface area contributed by atoms with Crippen LogP contribution in [0.25, 0.3) is 10.9 Å². The van der Waals surface area contributed by atoms with Crippen molar-refractivity contribution in [2.75, 3.05) is 19.6 Å². The number of likely N-dealkylation sites (tertiary alicyclic amines) is 1. The SMILES string of the molecule is Cc1[nH]c2ccc(CCN3CCCCC3)cc2c1C(=O)OC(C)c1ccc(Cl)cc1Cl. The number of aryl methyl sites for hydroxylation is 1. The Morgan fingerprint density at radius 2 is 1.90 bits per heavy atom. The minimum absolute atomic E-state index is 0.351. The van der Waals surface area contributed by atoms with Gasteiger partial charge in [0.2, 0.25) is 0 Å². The van der Waals surface area contributed by atoms with Gasteiger partial charge in [0, 0.05) is 38.8 Å². The summed E-state index contributed by atoms with van der Waals surface area (Å²) in [7, 11) is 0. The molecule has 31 heavy (non-hydrogen) atoms. The van der Waals surface area contributed by atoms with Gasteiger partial charge in [-0.25, -0.2) is 4.79 Å². The highest BCUT2D eigenvalue weighted by molar-refractivity contribution is 6.35. The smallest absolute Gasteiger partial charge is 0.341 e. The first kappa shape index (κ1) is 22.2. The van der Waals surface area contributed by atoms with E-state index in [0.717, 1.165) is 35.1 Å². The van der Waals surface area contributed by atoms with Crippen molar-refractivity contribution in [1.29, 1.82) is 0 Å². The third kappa shape index (κ3) is 5.08. The van der Waals surface area contributed by atoms with Crippen molar-refractivity contribution in [3.63, 3.8) is 0 Å². The molecule has 0 amide bonds. The molecule has 4 rings (SSSR count). The topological polar surface area (TPSA) is 45.3 Å². The molecule has 0 radical (unpaired) electrons. The van der Waals surface area contributed by atoms with E-state index in [1.807, 2.05) is 13.8 Å². The molecular weight excluding hydrogens is 431 g/mol. The maximum atomic E-state index is 13.1. The van der Waals surface area contributed by atoms with E-state index in [4.69, 9.17) is 27.9 Å². The molecule has 1 N–H and O–H groups in total. The second kappa shape index (κ2) is 9.64. The van der Waals surface area contributed by atoms with Gasteiger partial charge in [0.15, 0.2) is 0 Å². The summed E-state index contributed by atoms with van der Waals surface area (Å²) in [6.45, 7) is 7.16. The number of carbonyl (C=O) groups is 1. The number of carbonyl (C=O) groups excluding carboxylic acids is 1. The van der Waals surface area contributed by atoms with E-state index in [2.05, 4.69) is 28.1 Å². The van der Waals surface area contributed by atoms with Gasteiger partial charge in [0.25, 0.3) is 0 Å². The summed E-state index contributed by atoms with van der Waals surface area (Å²) in [5.41, 5.74) is 4.32. The number of H-pyrrole nitrogens is 1. The second-order valence-corrected chi connectivity index (χ2v) is 9.21. The molecule has 1 aromatic heterocycles. The van der Waals surface area contributed by atoms with Crippen LogP contribution in [0.15, 0.2) is 36.4 Å². The molecule has 1 atom stereocenters. The van der Waals surface area contributed by atoms with Crippen LogP contribution in [0, 0.1) is 6.92 Å². The number of piperidine rings is 1. The average molecular weight is 459 g/mol. The molecule has 164 valence electrons. The number of nitrogens with zero attached hydrogens (tertiary/aromatic N) is 1. The number of rotatable bonds is 6. The fraction of sp³-hybridized carbons (Fsp3) is 0.400. The van der Waals surface area contributed by atoms with E-state index in [1.54, 1.807) is 18.2 Å². The second-order valence-electron chi connectivity index (χ2n) is 8.37. The Balaban J connectivity index is 1.53. The summed E-state index contributed by atoms with van der Waals surface area (Å²) in [6.07, 6.45) is 4.43. The maximum Gasteiger partial charge on any atom is 0.341 e. The van der Waals surface area contributed by atoms with Gasteiger partial charge < -0.3 is 14.6 Å². The number of ether oxygens (including phenoxy) is 1. The molecule has 1 fully saturated rings. The minimum Gasteiger partial charge on any atom is -0.454 e. The van der Waals surface area contributed by atoms with Crippen LogP contribution in [0.4, 0.5) is 0 Å². The third-order valence-electron chi connectivity index (χ3n) is 6.10. The van der Waals surface area contributed by atoms with Crippen molar-refractivity contribution in [2.24, 2.45) is 0 Å². The van der Waals surface area contributed by atoms with Gasteiger partial charge in [-0.1, -0.05) is 41.8 Å². The Labute approximate surface area is 193 Å². The molecule has 0 spiro atoms. The number of esters is 1. The summed E-state index contributed by atoms with van der Waals surface area (Å²) in [6, 6.07) is 11.5. The number of aromatic nitrogens is 1. The van der Waals surface area contributed by atoms with E-state index >= 15 is 0 Å². The lowest BCUT2D eigenvalue weighted by atomic mass is 10.0. The number of fused-ring (bicyclic) bond motifs is 1. The van der Waals surface area contributed by atoms with Crippen molar-refractivity contribution in [1.82, 2.24) is 9.88 Å². The number of nitrogens with one attached hydrogen (secondary N) is 1. The summed E-state index contributed by atoms with van der Waals surface area (Å²) in [5.74, 6) is -0.351. The molecule has 1 unspecified atom stereocenters. The predicted molar refractivity (Wildman–Crippen MR) is 127 cm³/mol. The van der Waals surface area contributed by atoms with Crippen molar-refractivity contribution in [3.8, 4) is 0 Å². The lowest BCUT2D eigenvalue weighted by molar-refractivity contribution is 0.0340. The van der Waals surface area contributed by atoms with Crippen LogP contribution in [-0.4, -0.2) is 35.5 Å². The van der Waals surface area contributed by atoms with Gasteiger partial charge in [-0.2, -0.15) is 0 Å². The number of aromatic amines is 1. The van der Waals surface area contributed by atoms with E-state index in [-0.39, 0.29) is 5.97 Å². The third-order valence-corrected chi connectivity index (χ3v) is 6.67. The van der Waals surface area contributed by atoms with E-state index in [9.17, 15) is 4.79 Å². The first-order chi connectivity index (χ1) is 14.9. The van der Waals surface area contributed by atoms with Crippen LogP contribution in [0.2, 0.25) is 10.0 Å². The van der Waals surface area contributed by atoms with Gasteiger partial charge in [-0.05, 0) is 76.0 Å². The van der Waals surface area contributed by atoms with Crippen LogP contribution in [0.3, 0.4) is 0 Å². The summed E-state index contributed by atoms with van der Waals surface area (Å²) < 4.78 is 5.79. The predicted octanol–water partition coefficient (Wildman–Crippen LogP) is 6.73. The van der Waals surface area contributed by atoms with Gasteiger partial charge in [-0.3, -0.25) is 0 Å². The largest absolute Gasteiger partial charge is 0.454 e. The number of hydrogen-bond acceptors (Lipinski definition) is 3. The van der Waals surface area contributed by atoms with E-state index < -0.39 is 6.10 Å². The van der Waals surface area contributed by atoms with Crippen LogP contribution < -0.4 is 0 Å². The van der Waals surface area contributed by atoms with Crippen molar-refractivity contribution in [2.45, 2.75) is 45.6 Å². The quantitative estimate of drug-likeness (QED) is 0.416. The molecule has 4 nitrogen and oxygen atoms in total. The first-order valence-corrected chi connectivity index (χ1v) is 11.7. The first-order valence-electron chi connectivity index (χ1n) is 10.9. The zero-order valence-corrected chi connectivity index (χ0v) is 19.5. The molecule has 2 aromatic carbocycles. The Morgan fingerprint density at radius 1 is 1.13 bits per heavy atom. The molecular formula is C25H28Cl2N2O2. The maximum absolute atomic E-state index is 13.1. The lowest BCUT2D eigenvalue weighted by Crippen LogP contribution is -2.31. The van der Waals surface area contributed by atoms with Crippen LogP contribution in [-0.2, 0) is 11.2 Å². The molecule has 0 saturated carbocycles. The standard InChI is InChI=1S/C25H28Cl2N2O2/c1-16-24(25(30)31-17(2)20-8-7-19(26)15-22(20)27)21-14-18(6-9-23(21)28-16)10-13-29-11-4-3-5-12-29/h6-9,14-15,17,28H,3-5,10-13H2,1-2H3. The summed E-state index contributed by atoms with van der Waals surface area (Å²) in [5, 5.41) is 1.95. The van der Waals surface area contributed by atoms with Crippen LogP contribution in [0.5, 0.6) is 0 Å². The van der Waals surface area contributed by atoms with Gasteiger partial charge in [0.05, 0.1) is 5.56 Å². The Morgan fingerprint density at radius 3 is 2.65 bits per heavy atom. The van der Waals surface area contributed by atoms with Crippen LogP contribution in [0.1, 0.15) is 59.5 Å². The fourth-order valence-corrected chi connectivity index (χ4v) is 4.94. The lowest BCUT2D eigenvalue weighted by Gasteiger charge is -2.26. The van der Waals surface area contributed by atoms with Gasteiger partial charge >= 0.3 is 5.97 Å². The number of halogens is 2. The monoisotopic (exact) mass is 458 g/mol. The van der Waals surface area contributed by atoms with Crippen molar-refractivity contribution >= 4 is 40.1 Å². The van der Waals surface area contributed by atoms with E-state index in [1.165, 1.54) is 37.9 Å². The average Bonchev–Trinajstić information content (AvgIpc) is 3.07. The Kier molecular flexibility index (Phi) is 6.90. The molecule has 1 saturated heterocycles. The van der Waals surface area contributed by atoms with Crippen molar-refractivity contribution < 1.29 is 9.53 Å². The van der Waals surface area contributed by atoms with Crippen molar-refractivity contribution in [3.05, 3.63) is 68.8 Å². The Bertz CT molecular complexity index is 1090. The molecule has 1 aliphatic rings. The van der Waals surface area contributed by atoms with Gasteiger partial charge in [-0.15, -0.1) is 0 Å². The number of hydrogen-bond donors (Lipinski definition) is 1. The Hall–Kier alpha value is -2.01. The van der Waals surface area contributed by atoms with Crippen LogP contribution >= 0.6 is 23.2 Å². The minimum atomic E-state index is -0.482. The molecule has 0 bridgehead atoms. The van der Waals surface area contributed by atoms with Gasteiger partial charge in [0.1, 0.15) is 6.10 Å². The highest BCUT2D eigenvalue weighted by Gasteiger charge is 2.22. The number of benzene rings is 2. The van der Waals surface area contributed by atoms with E-state index in [0.29, 0.717) is 15.6 Å². The molecule has 6 heteroatoms. The fourth-order valence-electron chi connectivity index (χ4n) is 4.38. The zero-order chi connectivity index (χ0) is 22.0. The normalized spacial score (nSPS) is 15.9. The summed E-state index contributed by atoms with van der Waals surface area (Å²) in [4.78, 5) is 18.9. The molecule has 0 aliphatic carbocycles. The highest BCUT2D eigenvalue weighted by Crippen LogP contribution is 2.31. The highest BCUT2D eigenvalue weighted by atomic mass is 35.5. The summed E-state index contributed by atoms with van der Waals surface area (Å²) >= 11 is 12.3. The molecule has 2 heterocycles. The zero-order valence-electron chi connectivity index (χ0n) is 18.0. The molecule has 3 aromatic rings.